The van der Waals surface area contributed by atoms with Crippen LogP contribution in [0.5, 0.6) is 0 Å². The van der Waals surface area contributed by atoms with E-state index in [9.17, 15) is 0 Å². The lowest BCUT2D eigenvalue weighted by atomic mass is 10.1. The monoisotopic (exact) mass is 314 g/mol. The molecule has 0 saturated carbocycles. The van der Waals surface area contributed by atoms with Crippen molar-refractivity contribution >= 4 is 0 Å². The lowest BCUT2D eigenvalue weighted by Crippen LogP contribution is -2.23. The van der Waals surface area contributed by atoms with E-state index in [1.807, 2.05) is 10.8 Å². The first kappa shape index (κ1) is 16.0. The second-order valence-corrected chi connectivity index (χ2v) is 6.69. The molecule has 0 bridgehead atoms. The van der Waals surface area contributed by atoms with Crippen molar-refractivity contribution in [2.45, 2.75) is 58.7 Å². The molecule has 0 N–H and O–H groups in total. The van der Waals surface area contributed by atoms with E-state index in [1.165, 1.54) is 12.0 Å². The standard InChI is InChI=1S/C18H26N4O/c1-5-8-22-12-15(14(4)19-22)11-21-9-6-7-17(21)16-10-18(13(2)3)23-20-16/h5,10,12-13,17H,1,6-9,11H2,2-4H3. The number of likely N-dealkylation sites (tertiary alicyclic amines) is 1. The molecule has 0 amide bonds. The molecular weight excluding hydrogens is 288 g/mol. The Bertz CT molecular complexity index is 670. The smallest absolute Gasteiger partial charge is 0.139 e. The molecule has 1 unspecified atom stereocenters. The normalized spacial score (nSPS) is 18.9. The molecule has 1 fully saturated rings. The van der Waals surface area contributed by atoms with Gasteiger partial charge in [-0.1, -0.05) is 25.1 Å². The van der Waals surface area contributed by atoms with Gasteiger partial charge in [0.2, 0.25) is 0 Å². The van der Waals surface area contributed by atoms with Crippen LogP contribution in [-0.4, -0.2) is 26.4 Å². The van der Waals surface area contributed by atoms with Gasteiger partial charge in [-0.25, -0.2) is 0 Å². The molecular formula is C18H26N4O. The zero-order valence-electron chi connectivity index (χ0n) is 14.3. The molecule has 0 aliphatic carbocycles. The number of nitrogens with zero attached hydrogens (tertiary/aromatic N) is 4. The maximum absolute atomic E-state index is 5.49. The van der Waals surface area contributed by atoms with Gasteiger partial charge in [0.25, 0.3) is 0 Å². The van der Waals surface area contributed by atoms with Crippen LogP contribution >= 0.6 is 0 Å². The molecule has 2 aromatic rings. The third-order valence-corrected chi connectivity index (χ3v) is 4.56. The van der Waals surface area contributed by atoms with Gasteiger partial charge in [0.1, 0.15) is 11.5 Å². The van der Waals surface area contributed by atoms with Crippen molar-refractivity contribution in [3.63, 3.8) is 0 Å². The first-order valence-corrected chi connectivity index (χ1v) is 8.43. The molecule has 1 aliphatic rings. The van der Waals surface area contributed by atoms with Gasteiger partial charge in [-0.3, -0.25) is 9.58 Å². The van der Waals surface area contributed by atoms with E-state index in [2.05, 4.69) is 54.8 Å². The van der Waals surface area contributed by atoms with Crippen LogP contribution in [0.2, 0.25) is 0 Å². The third kappa shape index (κ3) is 3.39. The summed E-state index contributed by atoms with van der Waals surface area (Å²) in [4.78, 5) is 2.49. The molecule has 0 spiro atoms. The van der Waals surface area contributed by atoms with Crippen LogP contribution in [0, 0.1) is 6.92 Å². The van der Waals surface area contributed by atoms with Crippen molar-refractivity contribution < 1.29 is 4.52 Å². The highest BCUT2D eigenvalue weighted by molar-refractivity contribution is 5.18. The Morgan fingerprint density at radius 3 is 3.00 bits per heavy atom. The van der Waals surface area contributed by atoms with E-state index < -0.39 is 0 Å². The molecule has 2 aromatic heterocycles. The van der Waals surface area contributed by atoms with Crippen LogP contribution in [0.1, 0.15) is 61.4 Å². The van der Waals surface area contributed by atoms with Gasteiger partial charge in [0.15, 0.2) is 0 Å². The number of allylic oxidation sites excluding steroid dienone is 1. The summed E-state index contributed by atoms with van der Waals surface area (Å²) >= 11 is 0. The number of aromatic nitrogens is 3. The summed E-state index contributed by atoms with van der Waals surface area (Å²) in [6, 6.07) is 2.48. The van der Waals surface area contributed by atoms with Gasteiger partial charge in [-0.15, -0.1) is 6.58 Å². The van der Waals surface area contributed by atoms with E-state index in [0.29, 0.717) is 12.0 Å². The zero-order chi connectivity index (χ0) is 16.4. The highest BCUT2D eigenvalue weighted by Gasteiger charge is 2.29. The van der Waals surface area contributed by atoms with Gasteiger partial charge >= 0.3 is 0 Å². The minimum Gasteiger partial charge on any atom is -0.361 e. The second kappa shape index (κ2) is 6.71. The largest absolute Gasteiger partial charge is 0.361 e. The third-order valence-electron chi connectivity index (χ3n) is 4.56. The average Bonchev–Trinajstić information content (AvgIpc) is 3.20. The van der Waals surface area contributed by atoms with Crippen LogP contribution in [0.3, 0.4) is 0 Å². The van der Waals surface area contributed by atoms with E-state index in [0.717, 1.165) is 43.2 Å². The number of aryl methyl sites for hydroxylation is 1. The molecule has 124 valence electrons. The van der Waals surface area contributed by atoms with Crippen molar-refractivity contribution in [1.29, 1.82) is 0 Å². The fraction of sp³-hybridized carbons (Fsp3) is 0.556. The number of hydrogen-bond acceptors (Lipinski definition) is 4. The lowest BCUT2D eigenvalue weighted by molar-refractivity contribution is 0.235. The predicted molar refractivity (Wildman–Crippen MR) is 90.1 cm³/mol. The van der Waals surface area contributed by atoms with Crippen molar-refractivity contribution in [2.75, 3.05) is 6.54 Å². The molecule has 0 aromatic carbocycles. The number of rotatable bonds is 6. The van der Waals surface area contributed by atoms with Crippen LogP contribution in [0.4, 0.5) is 0 Å². The van der Waals surface area contributed by atoms with E-state index in [-0.39, 0.29) is 0 Å². The summed E-state index contributed by atoms with van der Waals surface area (Å²) in [5.74, 6) is 1.35. The average molecular weight is 314 g/mol. The Balaban J connectivity index is 1.75. The Kier molecular flexibility index (Phi) is 4.66. The zero-order valence-corrected chi connectivity index (χ0v) is 14.3. The Morgan fingerprint density at radius 2 is 2.30 bits per heavy atom. The summed E-state index contributed by atoms with van der Waals surface area (Å²) in [5, 5.41) is 8.87. The van der Waals surface area contributed by atoms with Gasteiger partial charge in [0.05, 0.1) is 18.3 Å². The van der Waals surface area contributed by atoms with Gasteiger partial charge in [0, 0.05) is 30.3 Å². The Labute approximate surface area is 138 Å². The molecule has 1 saturated heterocycles. The Morgan fingerprint density at radius 1 is 1.48 bits per heavy atom. The summed E-state index contributed by atoms with van der Waals surface area (Å²) in [6.07, 6.45) is 6.35. The molecule has 5 nitrogen and oxygen atoms in total. The quantitative estimate of drug-likeness (QED) is 0.760. The summed E-state index contributed by atoms with van der Waals surface area (Å²) in [7, 11) is 0. The minimum atomic E-state index is 0.355. The summed E-state index contributed by atoms with van der Waals surface area (Å²) < 4.78 is 7.45. The fourth-order valence-electron chi connectivity index (χ4n) is 3.24. The van der Waals surface area contributed by atoms with Crippen molar-refractivity contribution in [1.82, 2.24) is 19.8 Å². The first-order valence-electron chi connectivity index (χ1n) is 8.43. The summed E-state index contributed by atoms with van der Waals surface area (Å²) in [5.41, 5.74) is 3.45. The maximum Gasteiger partial charge on any atom is 0.139 e. The molecule has 5 heteroatoms. The van der Waals surface area contributed by atoms with Crippen LogP contribution in [-0.2, 0) is 13.1 Å². The number of hydrogen-bond donors (Lipinski definition) is 0. The predicted octanol–water partition coefficient (Wildman–Crippen LogP) is 3.83. The molecule has 3 heterocycles. The topological polar surface area (TPSA) is 47.1 Å². The maximum atomic E-state index is 5.49. The highest BCUT2D eigenvalue weighted by atomic mass is 16.5. The minimum absolute atomic E-state index is 0.355. The lowest BCUT2D eigenvalue weighted by Gasteiger charge is -2.22. The van der Waals surface area contributed by atoms with E-state index >= 15 is 0 Å². The van der Waals surface area contributed by atoms with Gasteiger partial charge < -0.3 is 4.52 Å². The van der Waals surface area contributed by atoms with Crippen LogP contribution < -0.4 is 0 Å². The fourth-order valence-corrected chi connectivity index (χ4v) is 3.24. The summed E-state index contributed by atoms with van der Waals surface area (Å²) in [6.45, 7) is 12.9. The highest BCUT2D eigenvalue weighted by Crippen LogP contribution is 2.34. The van der Waals surface area contributed by atoms with Crippen molar-refractivity contribution in [2.24, 2.45) is 0 Å². The SMILES string of the molecule is C=CCn1cc(CN2CCCC2c2cc(C(C)C)on2)c(C)n1. The Hall–Kier alpha value is -1.88. The van der Waals surface area contributed by atoms with E-state index in [4.69, 9.17) is 4.52 Å². The van der Waals surface area contributed by atoms with Crippen molar-refractivity contribution in [3.05, 3.63) is 47.6 Å². The molecule has 23 heavy (non-hydrogen) atoms. The van der Waals surface area contributed by atoms with E-state index in [1.54, 1.807) is 0 Å². The molecule has 1 atom stereocenters. The first-order chi connectivity index (χ1) is 11.1. The molecule has 1 aliphatic heterocycles. The van der Waals surface area contributed by atoms with Crippen LogP contribution in [0.25, 0.3) is 0 Å². The van der Waals surface area contributed by atoms with Gasteiger partial charge in [-0.2, -0.15) is 5.10 Å². The van der Waals surface area contributed by atoms with Gasteiger partial charge in [-0.05, 0) is 26.3 Å². The van der Waals surface area contributed by atoms with Crippen LogP contribution in [0.15, 0.2) is 29.4 Å². The van der Waals surface area contributed by atoms with Crippen molar-refractivity contribution in [3.8, 4) is 0 Å². The molecule has 0 radical (unpaired) electrons. The molecule has 3 rings (SSSR count). The second-order valence-electron chi connectivity index (χ2n) is 6.69.